The van der Waals surface area contributed by atoms with E-state index in [2.05, 4.69) is 10.6 Å². The van der Waals surface area contributed by atoms with Crippen molar-refractivity contribution >= 4 is 0 Å². The van der Waals surface area contributed by atoms with Crippen LogP contribution in [-0.2, 0) is 17.1 Å². The Labute approximate surface area is 67.7 Å². The van der Waals surface area contributed by atoms with Gasteiger partial charge in [0.05, 0.1) is 0 Å². The molecule has 0 aliphatic heterocycles. The second-order valence-electron chi connectivity index (χ2n) is 1.77. The maximum absolute atomic E-state index is 3.92. The summed E-state index contributed by atoms with van der Waals surface area (Å²) in [6.45, 7) is 1.55. The third kappa shape index (κ3) is 8.40. The molecule has 0 bridgehead atoms. The fourth-order valence-corrected chi connectivity index (χ4v) is 0.528. The van der Waals surface area contributed by atoms with Gasteiger partial charge in [-0.05, 0) is 7.05 Å². The summed E-state index contributed by atoms with van der Waals surface area (Å²) in [5.74, 6) is 0. The minimum Gasteiger partial charge on any atom is -0.653 e. The second-order valence-corrected chi connectivity index (χ2v) is 1.77. The molecule has 0 N–H and O–H groups in total. The summed E-state index contributed by atoms with van der Waals surface area (Å²) >= 11 is 0. The Balaban J connectivity index is 0. The van der Waals surface area contributed by atoms with Gasteiger partial charge in [0.25, 0.3) is 0 Å². The largest absolute Gasteiger partial charge is 2.00 e. The molecule has 1 radical (unpaired) electrons. The Morgan fingerprint density at radius 3 is 1.67 bits per heavy atom. The van der Waals surface area contributed by atoms with Gasteiger partial charge in [0.15, 0.2) is 0 Å². The zero-order valence-corrected chi connectivity index (χ0v) is 7.00. The topological polar surface area (TPSA) is 31.4 Å². The Hall–Kier alpha value is 0.399. The monoisotopic (exact) mass is 178 g/mol. The quantitative estimate of drug-likeness (QED) is 0.588. The molecule has 0 aromatic carbocycles. The maximum Gasteiger partial charge on any atom is 2.00 e. The van der Waals surface area contributed by atoms with Crippen LogP contribution in [0, 0.1) is 0 Å². The molecular formula is C5H13CuN3. The molecule has 0 spiro atoms. The summed E-state index contributed by atoms with van der Waals surface area (Å²) in [6.07, 6.45) is 0. The van der Waals surface area contributed by atoms with Crippen LogP contribution < -0.4 is 0 Å². The van der Waals surface area contributed by atoms with E-state index in [1.54, 1.807) is 14.1 Å². The normalized spacial score (nSPS) is 9.33. The first-order chi connectivity index (χ1) is 3.81. The molecular weight excluding hydrogens is 166 g/mol. The van der Waals surface area contributed by atoms with Crippen molar-refractivity contribution in [3.63, 3.8) is 0 Å². The minimum atomic E-state index is 0. The van der Waals surface area contributed by atoms with E-state index in [0.717, 1.165) is 13.3 Å². The van der Waals surface area contributed by atoms with Crippen molar-refractivity contribution in [2.75, 3.05) is 34.5 Å². The van der Waals surface area contributed by atoms with Crippen LogP contribution in [0.3, 0.4) is 0 Å². The Morgan fingerprint density at radius 1 is 1.11 bits per heavy atom. The van der Waals surface area contributed by atoms with E-state index in [9.17, 15) is 0 Å². The van der Waals surface area contributed by atoms with Crippen molar-refractivity contribution in [1.29, 1.82) is 0 Å². The zero-order chi connectivity index (χ0) is 6.41. The van der Waals surface area contributed by atoms with Gasteiger partial charge >= 0.3 is 17.1 Å². The van der Waals surface area contributed by atoms with E-state index in [-0.39, 0.29) is 17.1 Å². The minimum absolute atomic E-state index is 0. The van der Waals surface area contributed by atoms with Gasteiger partial charge in [-0.15, -0.1) is 0 Å². The summed E-state index contributed by atoms with van der Waals surface area (Å²) in [7, 11) is 5.58. The van der Waals surface area contributed by atoms with Crippen LogP contribution in [0.2, 0.25) is 0 Å². The molecule has 0 aromatic rings. The summed E-state index contributed by atoms with van der Waals surface area (Å²) in [6, 6.07) is 0. The third-order valence-corrected chi connectivity index (χ3v) is 0.766. The van der Waals surface area contributed by atoms with Crippen molar-refractivity contribution in [1.82, 2.24) is 4.90 Å². The van der Waals surface area contributed by atoms with Gasteiger partial charge in [-0.2, -0.15) is 14.1 Å². The molecule has 0 saturated heterocycles. The van der Waals surface area contributed by atoms with Gasteiger partial charge in [0.2, 0.25) is 0 Å². The van der Waals surface area contributed by atoms with Crippen LogP contribution in [0.1, 0.15) is 0 Å². The van der Waals surface area contributed by atoms with Crippen LogP contribution in [0.5, 0.6) is 0 Å². The average molecular weight is 179 g/mol. The smallest absolute Gasteiger partial charge is 0.653 e. The summed E-state index contributed by atoms with van der Waals surface area (Å²) < 4.78 is 0. The molecule has 59 valence electrons. The van der Waals surface area contributed by atoms with E-state index in [1.807, 2.05) is 11.9 Å². The van der Waals surface area contributed by atoms with Gasteiger partial charge in [0.1, 0.15) is 0 Å². The predicted molar refractivity (Wildman–Crippen MR) is 36.1 cm³/mol. The number of hydrogen-bond donors (Lipinski definition) is 0. The zero-order valence-electron chi connectivity index (χ0n) is 6.06. The molecule has 3 nitrogen and oxygen atoms in total. The fraction of sp³-hybridized carbons (Fsp3) is 1.00. The van der Waals surface area contributed by atoms with E-state index in [0.29, 0.717) is 0 Å². The van der Waals surface area contributed by atoms with Crippen LogP contribution in [-0.4, -0.2) is 39.4 Å². The summed E-state index contributed by atoms with van der Waals surface area (Å²) in [5.41, 5.74) is 0. The molecule has 0 rings (SSSR count). The van der Waals surface area contributed by atoms with Gasteiger partial charge < -0.3 is 15.5 Å². The summed E-state index contributed by atoms with van der Waals surface area (Å²) in [5, 5.41) is 7.84. The second kappa shape index (κ2) is 8.40. The van der Waals surface area contributed by atoms with Crippen LogP contribution >= 0.6 is 0 Å². The molecule has 0 aromatic heterocycles. The number of nitrogens with zero attached hydrogens (tertiary/aromatic N) is 3. The van der Waals surface area contributed by atoms with Gasteiger partial charge in [-0.3, -0.25) is 0 Å². The van der Waals surface area contributed by atoms with Gasteiger partial charge in [0, 0.05) is 0 Å². The fourth-order valence-electron chi connectivity index (χ4n) is 0.528. The molecule has 4 heteroatoms. The number of rotatable bonds is 4. The first-order valence-electron chi connectivity index (χ1n) is 2.61. The first-order valence-corrected chi connectivity index (χ1v) is 2.61. The van der Waals surface area contributed by atoms with Crippen molar-refractivity contribution in [2.24, 2.45) is 0 Å². The van der Waals surface area contributed by atoms with E-state index in [1.165, 1.54) is 0 Å². The molecule has 0 unspecified atom stereocenters. The van der Waals surface area contributed by atoms with Crippen molar-refractivity contribution in [2.45, 2.75) is 0 Å². The standard InChI is InChI=1S/C5H13N3.Cu/c1-6-4-8(3)5-7-2;/h4-5H2,1-3H3;/q-2;+2. The molecule has 0 atom stereocenters. The molecule has 0 heterocycles. The number of hydrogen-bond acceptors (Lipinski definition) is 1. The molecule has 0 aliphatic carbocycles. The van der Waals surface area contributed by atoms with E-state index >= 15 is 0 Å². The van der Waals surface area contributed by atoms with E-state index < -0.39 is 0 Å². The predicted octanol–water partition coefficient (Wildman–Crippen LogP) is 0.838. The average Bonchev–Trinajstić information content (AvgIpc) is 1.68. The van der Waals surface area contributed by atoms with E-state index in [4.69, 9.17) is 0 Å². The first kappa shape index (κ1) is 12.1. The van der Waals surface area contributed by atoms with Gasteiger partial charge in [-0.1, -0.05) is 13.3 Å². The molecule has 9 heavy (non-hydrogen) atoms. The maximum atomic E-state index is 3.92. The van der Waals surface area contributed by atoms with Crippen LogP contribution in [0.4, 0.5) is 0 Å². The van der Waals surface area contributed by atoms with Crippen LogP contribution in [0.15, 0.2) is 0 Å². The molecule has 0 aliphatic rings. The SMILES string of the molecule is C[N-]CN(C)C[N-]C.[Cu+2]. The Morgan fingerprint density at radius 2 is 1.44 bits per heavy atom. The van der Waals surface area contributed by atoms with Crippen molar-refractivity contribution < 1.29 is 17.1 Å². The van der Waals surface area contributed by atoms with Crippen molar-refractivity contribution in [3.05, 3.63) is 10.6 Å². The third-order valence-electron chi connectivity index (χ3n) is 0.766. The Kier molecular flexibility index (Phi) is 11.3. The summed E-state index contributed by atoms with van der Waals surface area (Å²) in [4.78, 5) is 2.03. The van der Waals surface area contributed by atoms with Crippen molar-refractivity contribution in [3.8, 4) is 0 Å². The molecule has 0 saturated carbocycles. The Bertz CT molecular complexity index is 45.5. The molecule has 0 fully saturated rings. The van der Waals surface area contributed by atoms with Crippen LogP contribution in [0.25, 0.3) is 10.6 Å². The van der Waals surface area contributed by atoms with Gasteiger partial charge in [-0.25, -0.2) is 0 Å². The molecule has 0 amide bonds.